The van der Waals surface area contributed by atoms with Gasteiger partial charge in [-0.1, -0.05) is 13.8 Å². The smallest absolute Gasteiger partial charge is 0 e. The second-order valence-electron chi connectivity index (χ2n) is 2.02. The van der Waals surface area contributed by atoms with E-state index in [-0.39, 0.29) is 32.7 Å². The number of rotatable bonds is 0. The summed E-state index contributed by atoms with van der Waals surface area (Å²) in [6, 6.07) is 12.5. The van der Waals surface area contributed by atoms with Crippen molar-refractivity contribution in [2.75, 3.05) is 13.1 Å². The summed E-state index contributed by atoms with van der Waals surface area (Å²) in [6.45, 7) is 6.25. The molecule has 71 valence electrons. The second kappa shape index (κ2) is 14.8. The van der Waals surface area contributed by atoms with Crippen LogP contribution in [0.25, 0.3) is 0 Å². The molecular formula is C11H17NY-2. The summed E-state index contributed by atoms with van der Waals surface area (Å²) in [6.07, 6.45) is 2.19. The molecule has 0 aromatic heterocycles. The minimum atomic E-state index is 0. The van der Waals surface area contributed by atoms with Crippen molar-refractivity contribution in [3.05, 3.63) is 42.8 Å². The van der Waals surface area contributed by atoms with Crippen LogP contribution in [0.5, 0.6) is 0 Å². The summed E-state index contributed by atoms with van der Waals surface area (Å²) in [7, 11) is 0. The SMILES string of the molecule is CC.[CH-]1CNC1.[Y].[c-]1ccccc1. The van der Waals surface area contributed by atoms with Gasteiger partial charge in [-0.05, 0) is 0 Å². The van der Waals surface area contributed by atoms with Crippen LogP contribution >= 0.6 is 0 Å². The van der Waals surface area contributed by atoms with Crippen molar-refractivity contribution in [3.63, 3.8) is 0 Å². The fraction of sp³-hybridized carbons (Fsp3) is 0.364. The van der Waals surface area contributed by atoms with Crippen molar-refractivity contribution in [1.29, 1.82) is 0 Å². The van der Waals surface area contributed by atoms with Gasteiger partial charge in [0.2, 0.25) is 0 Å². The van der Waals surface area contributed by atoms with Gasteiger partial charge in [-0.15, -0.1) is 13.1 Å². The van der Waals surface area contributed by atoms with E-state index in [2.05, 4.69) is 17.8 Å². The first-order chi connectivity index (χ1) is 6.00. The van der Waals surface area contributed by atoms with E-state index in [1.807, 2.05) is 44.2 Å². The molecule has 0 bridgehead atoms. The first-order valence-electron chi connectivity index (χ1n) is 4.43. The Morgan fingerprint density at radius 2 is 1.46 bits per heavy atom. The molecule has 0 spiro atoms. The molecule has 2 heteroatoms. The second-order valence-corrected chi connectivity index (χ2v) is 2.02. The maximum atomic E-state index is 3.06. The molecular weight excluding hydrogens is 235 g/mol. The summed E-state index contributed by atoms with van der Waals surface area (Å²) >= 11 is 0. The summed E-state index contributed by atoms with van der Waals surface area (Å²) in [5.41, 5.74) is 0. The zero-order valence-electron chi connectivity index (χ0n) is 8.46. The minimum absolute atomic E-state index is 0. The van der Waals surface area contributed by atoms with E-state index >= 15 is 0 Å². The quantitative estimate of drug-likeness (QED) is 0.699. The molecule has 1 radical (unpaired) electrons. The standard InChI is InChI=1S/C6H5.C3H6N.C2H6.Y/c1-2-4-6-5-3-1;1-2-4-3-1;1-2;/h1-5H;1,4H,2-3H2;1-2H3;/q2*-1;;. The molecule has 0 amide bonds. The van der Waals surface area contributed by atoms with Gasteiger partial charge in [-0.2, -0.15) is 36.4 Å². The molecule has 1 fully saturated rings. The number of benzene rings is 1. The Bertz CT molecular complexity index is 119. The number of hydrogen-bond donors (Lipinski definition) is 1. The summed E-state index contributed by atoms with van der Waals surface area (Å²) in [4.78, 5) is 0. The Kier molecular flexibility index (Phi) is 17.9. The van der Waals surface area contributed by atoms with Gasteiger partial charge >= 0.3 is 0 Å². The number of hydrogen-bond acceptors (Lipinski definition) is 1. The van der Waals surface area contributed by atoms with Gasteiger partial charge in [-0.3, -0.25) is 0 Å². The zero-order valence-corrected chi connectivity index (χ0v) is 11.3. The van der Waals surface area contributed by atoms with Gasteiger partial charge in [0.1, 0.15) is 0 Å². The van der Waals surface area contributed by atoms with E-state index in [0.717, 1.165) is 13.1 Å². The predicted molar refractivity (Wildman–Crippen MR) is 53.8 cm³/mol. The first-order valence-corrected chi connectivity index (χ1v) is 4.43. The van der Waals surface area contributed by atoms with Gasteiger partial charge in [0.05, 0.1) is 0 Å². The molecule has 13 heavy (non-hydrogen) atoms. The van der Waals surface area contributed by atoms with E-state index in [0.29, 0.717) is 0 Å². The molecule has 2 rings (SSSR count). The van der Waals surface area contributed by atoms with Crippen LogP contribution in [0.2, 0.25) is 0 Å². The summed E-state index contributed by atoms with van der Waals surface area (Å²) in [5, 5.41) is 3.06. The molecule has 1 aromatic carbocycles. The van der Waals surface area contributed by atoms with Gasteiger partial charge in [-0.25, -0.2) is 0 Å². The molecule has 0 atom stereocenters. The molecule has 1 heterocycles. The van der Waals surface area contributed by atoms with E-state index in [1.54, 1.807) is 0 Å². The maximum Gasteiger partial charge on any atom is 0 e. The molecule has 1 aliphatic rings. The third-order valence-corrected chi connectivity index (χ3v) is 1.18. The van der Waals surface area contributed by atoms with Crippen LogP contribution in [-0.4, -0.2) is 13.1 Å². The van der Waals surface area contributed by atoms with Crippen LogP contribution in [0.1, 0.15) is 13.8 Å². The van der Waals surface area contributed by atoms with Crippen molar-refractivity contribution < 1.29 is 32.7 Å². The molecule has 0 unspecified atom stereocenters. The van der Waals surface area contributed by atoms with Crippen molar-refractivity contribution >= 4 is 0 Å². The van der Waals surface area contributed by atoms with E-state index in [4.69, 9.17) is 0 Å². The van der Waals surface area contributed by atoms with Crippen LogP contribution in [-0.2, 0) is 32.7 Å². The third-order valence-electron chi connectivity index (χ3n) is 1.18. The first kappa shape index (κ1) is 15.7. The summed E-state index contributed by atoms with van der Waals surface area (Å²) < 4.78 is 0. The molecule has 1 saturated heterocycles. The third kappa shape index (κ3) is 12.3. The minimum Gasteiger partial charge on any atom is -0.376 e. The van der Waals surface area contributed by atoms with Crippen LogP contribution < -0.4 is 5.32 Å². The molecule has 0 aliphatic carbocycles. The van der Waals surface area contributed by atoms with Crippen LogP contribution in [0.15, 0.2) is 30.3 Å². The van der Waals surface area contributed by atoms with Crippen molar-refractivity contribution in [3.8, 4) is 0 Å². The van der Waals surface area contributed by atoms with Crippen LogP contribution in [0.3, 0.4) is 0 Å². The van der Waals surface area contributed by atoms with Gasteiger partial charge in [0, 0.05) is 32.7 Å². The Balaban J connectivity index is 0. The van der Waals surface area contributed by atoms with E-state index < -0.39 is 0 Å². The fourth-order valence-electron chi connectivity index (χ4n) is 0.486. The van der Waals surface area contributed by atoms with Crippen molar-refractivity contribution in [2.45, 2.75) is 13.8 Å². The normalized spacial score (nSPS) is 11.5. The monoisotopic (exact) mass is 252 g/mol. The largest absolute Gasteiger partial charge is 0.376 e. The topological polar surface area (TPSA) is 12.0 Å². The summed E-state index contributed by atoms with van der Waals surface area (Å²) in [5.74, 6) is 0. The van der Waals surface area contributed by atoms with E-state index in [9.17, 15) is 0 Å². The molecule has 1 nitrogen and oxygen atoms in total. The predicted octanol–water partition coefficient (Wildman–Crippen LogP) is 2.30. The molecule has 1 aromatic rings. The average molecular weight is 252 g/mol. The Morgan fingerprint density at radius 3 is 1.54 bits per heavy atom. The Morgan fingerprint density at radius 1 is 1.08 bits per heavy atom. The van der Waals surface area contributed by atoms with Crippen LogP contribution in [0, 0.1) is 12.5 Å². The van der Waals surface area contributed by atoms with E-state index in [1.165, 1.54) is 0 Å². The van der Waals surface area contributed by atoms with Crippen molar-refractivity contribution in [2.24, 2.45) is 0 Å². The van der Waals surface area contributed by atoms with Gasteiger partial charge in [0.15, 0.2) is 0 Å². The zero-order chi connectivity index (χ0) is 9.07. The fourth-order valence-corrected chi connectivity index (χ4v) is 0.486. The number of nitrogens with one attached hydrogen (secondary N) is 1. The average Bonchev–Trinajstić information content (AvgIpc) is 2.08. The molecule has 1 aliphatic heterocycles. The van der Waals surface area contributed by atoms with Gasteiger partial charge in [0.25, 0.3) is 0 Å². The Hall–Kier alpha value is 0.284. The molecule has 0 saturated carbocycles. The molecule has 1 N–H and O–H groups in total. The van der Waals surface area contributed by atoms with Crippen LogP contribution in [0.4, 0.5) is 0 Å². The van der Waals surface area contributed by atoms with Crippen molar-refractivity contribution in [1.82, 2.24) is 5.32 Å². The Labute approximate surface area is 107 Å². The van der Waals surface area contributed by atoms with Gasteiger partial charge < -0.3 is 11.7 Å². The maximum absolute atomic E-state index is 3.06.